The van der Waals surface area contributed by atoms with Crippen molar-refractivity contribution in [2.45, 2.75) is 0 Å². The summed E-state index contributed by atoms with van der Waals surface area (Å²) >= 11 is 21.9. The van der Waals surface area contributed by atoms with Crippen LogP contribution in [0.5, 0.6) is 5.75 Å². The summed E-state index contributed by atoms with van der Waals surface area (Å²) in [4.78, 5) is 10.4. The summed E-state index contributed by atoms with van der Waals surface area (Å²) < 4.78 is 4.53. The molecule has 2 nitrogen and oxygen atoms in total. The van der Waals surface area contributed by atoms with Crippen LogP contribution in [-0.4, -0.2) is 5.43 Å². The van der Waals surface area contributed by atoms with E-state index in [2.05, 4.69) is 4.74 Å². The first-order valence-electron chi connectivity index (χ1n) is 3.02. The van der Waals surface area contributed by atoms with Gasteiger partial charge in [0.25, 0.3) is 0 Å². The van der Waals surface area contributed by atoms with E-state index in [1.807, 2.05) is 0 Å². The number of benzene rings is 1. The lowest BCUT2D eigenvalue weighted by Crippen LogP contribution is -1.96. The fourth-order valence-electron chi connectivity index (χ4n) is 0.693. The lowest BCUT2D eigenvalue weighted by molar-refractivity contribution is 0.225. The number of halogens is 4. The second kappa shape index (κ2) is 4.38. The number of rotatable bonds is 1. The van der Waals surface area contributed by atoms with Crippen LogP contribution in [0.15, 0.2) is 12.1 Å². The van der Waals surface area contributed by atoms with Gasteiger partial charge in [-0.1, -0.05) is 34.8 Å². The molecule has 13 heavy (non-hydrogen) atoms. The summed E-state index contributed by atoms with van der Waals surface area (Å²) in [6, 6.07) is 2.77. The lowest BCUT2D eigenvalue weighted by Gasteiger charge is -2.04. The third-order valence-corrected chi connectivity index (χ3v) is 2.23. The summed E-state index contributed by atoms with van der Waals surface area (Å²) in [5.41, 5.74) is -1.000. The maximum absolute atomic E-state index is 10.4. The highest BCUT2D eigenvalue weighted by atomic mass is 35.5. The van der Waals surface area contributed by atoms with Crippen LogP contribution < -0.4 is 4.74 Å². The predicted octanol–water partition coefficient (Wildman–Crippen LogP) is 4.38. The van der Waals surface area contributed by atoms with Gasteiger partial charge in [0, 0.05) is 22.7 Å². The molecule has 0 radical (unpaired) electrons. The molecule has 70 valence electrons. The third-order valence-electron chi connectivity index (χ3n) is 1.15. The Bertz CT molecular complexity index is 351. The van der Waals surface area contributed by atoms with Gasteiger partial charge in [0.2, 0.25) is 0 Å². The number of ether oxygens (including phenoxy) is 1. The standard InChI is InChI=1S/C7H2Cl4O2/c8-3-1-4(9)6(10)5(2-3)13-7(11)12/h1-2H. The van der Waals surface area contributed by atoms with Gasteiger partial charge in [0.1, 0.15) is 5.02 Å². The summed E-state index contributed by atoms with van der Waals surface area (Å²) in [6.45, 7) is 0. The van der Waals surface area contributed by atoms with Gasteiger partial charge >= 0.3 is 5.43 Å². The molecular formula is C7H2Cl4O2. The highest BCUT2D eigenvalue weighted by molar-refractivity contribution is 6.61. The molecule has 0 aliphatic carbocycles. The van der Waals surface area contributed by atoms with Gasteiger partial charge in [0.15, 0.2) is 5.75 Å². The van der Waals surface area contributed by atoms with Crippen LogP contribution >= 0.6 is 46.4 Å². The van der Waals surface area contributed by atoms with E-state index in [1.165, 1.54) is 12.1 Å². The Morgan fingerprint density at radius 2 is 1.85 bits per heavy atom. The summed E-state index contributed by atoms with van der Waals surface area (Å²) in [6.07, 6.45) is 0. The maximum Gasteiger partial charge on any atom is 0.409 e. The zero-order chi connectivity index (χ0) is 10.0. The molecule has 1 aromatic carbocycles. The van der Waals surface area contributed by atoms with E-state index in [9.17, 15) is 4.79 Å². The topological polar surface area (TPSA) is 26.3 Å². The Balaban J connectivity index is 3.12. The van der Waals surface area contributed by atoms with Crippen LogP contribution in [0.3, 0.4) is 0 Å². The van der Waals surface area contributed by atoms with Gasteiger partial charge in [-0.25, -0.2) is 4.79 Å². The van der Waals surface area contributed by atoms with E-state index in [0.717, 1.165) is 0 Å². The van der Waals surface area contributed by atoms with Crippen LogP contribution in [0.4, 0.5) is 4.79 Å². The van der Waals surface area contributed by atoms with Crippen molar-refractivity contribution in [3.8, 4) is 5.75 Å². The Hall–Kier alpha value is -0.150. The molecule has 0 N–H and O–H groups in total. The molecule has 0 saturated carbocycles. The minimum atomic E-state index is -1.000. The second-order valence-corrected chi connectivity index (χ2v) is 3.57. The summed E-state index contributed by atoms with van der Waals surface area (Å²) in [5, 5.41) is 0.601. The van der Waals surface area contributed by atoms with Crippen molar-refractivity contribution in [3.63, 3.8) is 0 Å². The SMILES string of the molecule is O=C(Cl)Oc1cc(Cl)cc(Cl)c1Cl. The maximum atomic E-state index is 10.4. The van der Waals surface area contributed by atoms with E-state index < -0.39 is 5.43 Å². The van der Waals surface area contributed by atoms with Gasteiger partial charge in [-0.15, -0.1) is 0 Å². The summed E-state index contributed by atoms with van der Waals surface area (Å²) in [5.74, 6) is 0.0409. The Labute approximate surface area is 94.3 Å². The van der Waals surface area contributed by atoms with Crippen LogP contribution in [0, 0.1) is 0 Å². The van der Waals surface area contributed by atoms with E-state index >= 15 is 0 Å². The molecule has 0 aromatic heterocycles. The fraction of sp³-hybridized carbons (Fsp3) is 0. The molecule has 0 fully saturated rings. The van der Waals surface area contributed by atoms with E-state index in [0.29, 0.717) is 5.02 Å². The Kier molecular flexibility index (Phi) is 3.68. The first-order valence-corrected chi connectivity index (χ1v) is 4.53. The Morgan fingerprint density at radius 3 is 2.38 bits per heavy atom. The zero-order valence-corrected chi connectivity index (χ0v) is 9.01. The minimum absolute atomic E-state index is 0.0409. The number of hydrogen-bond acceptors (Lipinski definition) is 2. The van der Waals surface area contributed by atoms with Crippen LogP contribution in [0.25, 0.3) is 0 Å². The van der Waals surface area contributed by atoms with Gasteiger partial charge < -0.3 is 4.74 Å². The van der Waals surface area contributed by atoms with Crippen molar-refractivity contribution >= 4 is 51.8 Å². The van der Waals surface area contributed by atoms with Gasteiger partial charge in [-0.05, 0) is 6.07 Å². The van der Waals surface area contributed by atoms with E-state index in [4.69, 9.17) is 46.4 Å². The number of hydrogen-bond donors (Lipinski definition) is 0. The van der Waals surface area contributed by atoms with Crippen molar-refractivity contribution in [1.82, 2.24) is 0 Å². The lowest BCUT2D eigenvalue weighted by atomic mass is 10.3. The first kappa shape index (κ1) is 10.9. The molecule has 0 saturated heterocycles. The molecule has 0 aliphatic heterocycles. The van der Waals surface area contributed by atoms with Crippen LogP contribution in [-0.2, 0) is 0 Å². The molecule has 0 unspecified atom stereocenters. The molecule has 1 rings (SSSR count). The quantitative estimate of drug-likeness (QED) is 0.553. The monoisotopic (exact) mass is 258 g/mol. The fourth-order valence-corrected chi connectivity index (χ4v) is 1.40. The van der Waals surface area contributed by atoms with Gasteiger partial charge in [-0.2, -0.15) is 0 Å². The van der Waals surface area contributed by atoms with Crippen molar-refractivity contribution in [1.29, 1.82) is 0 Å². The van der Waals surface area contributed by atoms with Crippen LogP contribution in [0.2, 0.25) is 15.1 Å². The average Bonchev–Trinajstić information content (AvgIpc) is 1.98. The molecule has 0 heterocycles. The summed E-state index contributed by atoms with van der Waals surface area (Å²) in [7, 11) is 0. The molecule has 0 spiro atoms. The number of carbonyl (C=O) groups is 1. The molecule has 0 bridgehead atoms. The zero-order valence-electron chi connectivity index (χ0n) is 5.98. The molecule has 1 aromatic rings. The molecular weight excluding hydrogens is 258 g/mol. The van der Waals surface area contributed by atoms with Gasteiger partial charge in [0.05, 0.1) is 5.02 Å². The molecule has 0 atom stereocenters. The normalized spacial score (nSPS) is 9.85. The van der Waals surface area contributed by atoms with Gasteiger partial charge in [-0.3, -0.25) is 0 Å². The smallest absolute Gasteiger partial charge is 0.409 e. The second-order valence-electron chi connectivity index (χ2n) is 2.04. The molecule has 0 aliphatic rings. The number of carbonyl (C=O) groups excluding carboxylic acids is 1. The van der Waals surface area contributed by atoms with Crippen LogP contribution in [0.1, 0.15) is 0 Å². The minimum Gasteiger partial charge on any atom is -0.413 e. The Morgan fingerprint density at radius 1 is 1.23 bits per heavy atom. The molecule has 0 amide bonds. The van der Waals surface area contributed by atoms with Crippen molar-refractivity contribution in [2.75, 3.05) is 0 Å². The van der Waals surface area contributed by atoms with Crippen molar-refractivity contribution < 1.29 is 9.53 Å². The van der Waals surface area contributed by atoms with E-state index in [1.54, 1.807) is 0 Å². The highest BCUT2D eigenvalue weighted by Gasteiger charge is 2.10. The first-order chi connectivity index (χ1) is 6.00. The third kappa shape index (κ3) is 2.92. The largest absolute Gasteiger partial charge is 0.413 e. The average molecular weight is 260 g/mol. The predicted molar refractivity (Wildman–Crippen MR) is 53.3 cm³/mol. The van der Waals surface area contributed by atoms with Crippen molar-refractivity contribution in [3.05, 3.63) is 27.2 Å². The van der Waals surface area contributed by atoms with E-state index in [-0.39, 0.29) is 15.8 Å². The molecule has 6 heteroatoms. The van der Waals surface area contributed by atoms with Crippen molar-refractivity contribution in [2.24, 2.45) is 0 Å². The highest BCUT2D eigenvalue weighted by Crippen LogP contribution is 2.35.